The predicted molar refractivity (Wildman–Crippen MR) is 117 cm³/mol. The molecule has 4 rings (SSSR count). The van der Waals surface area contributed by atoms with Gasteiger partial charge in [-0.15, -0.1) is 11.3 Å². The van der Waals surface area contributed by atoms with Gasteiger partial charge in [-0.05, 0) is 48.5 Å². The van der Waals surface area contributed by atoms with Crippen molar-refractivity contribution in [3.05, 3.63) is 66.7 Å². The Kier molecular flexibility index (Phi) is 5.31. The molecule has 3 aromatic carbocycles. The minimum atomic E-state index is -0.343. The molecule has 0 aliphatic carbocycles. The number of hydrogen-bond acceptors (Lipinski definition) is 5. The lowest BCUT2D eigenvalue weighted by Crippen LogP contribution is -2.19. The molecule has 1 aromatic heterocycles. The summed E-state index contributed by atoms with van der Waals surface area (Å²) in [6, 6.07) is 20.5. The zero-order valence-corrected chi connectivity index (χ0v) is 16.7. The van der Waals surface area contributed by atoms with Crippen molar-refractivity contribution in [2.75, 3.05) is 24.9 Å². The number of urea groups is 1. The molecule has 4 aromatic rings. The highest BCUT2D eigenvalue weighted by Gasteiger charge is 2.09. The van der Waals surface area contributed by atoms with E-state index in [-0.39, 0.29) is 6.03 Å². The highest BCUT2D eigenvalue weighted by molar-refractivity contribution is 7.21. The van der Waals surface area contributed by atoms with E-state index in [0.29, 0.717) is 22.9 Å². The van der Waals surface area contributed by atoms with E-state index in [2.05, 4.69) is 21.7 Å². The third kappa shape index (κ3) is 4.14. The van der Waals surface area contributed by atoms with E-state index in [1.54, 1.807) is 43.8 Å². The second-order valence-corrected chi connectivity index (χ2v) is 7.24. The molecule has 7 heteroatoms. The molecule has 0 radical (unpaired) electrons. The van der Waals surface area contributed by atoms with Gasteiger partial charge in [0, 0.05) is 23.0 Å². The van der Waals surface area contributed by atoms with Gasteiger partial charge in [-0.3, -0.25) is 0 Å². The second-order valence-electron chi connectivity index (χ2n) is 6.21. The molecule has 0 aliphatic heterocycles. The number of aromatic nitrogens is 1. The summed E-state index contributed by atoms with van der Waals surface area (Å²) >= 11 is 1.65. The van der Waals surface area contributed by atoms with Crippen molar-refractivity contribution in [2.24, 2.45) is 0 Å². The maximum atomic E-state index is 12.3. The fraction of sp³-hybridized carbons (Fsp3) is 0.0909. The average Bonchev–Trinajstić information content (AvgIpc) is 3.18. The minimum Gasteiger partial charge on any atom is -0.493 e. The number of para-hydroxylation sites is 1. The first-order valence-electron chi connectivity index (χ1n) is 8.92. The maximum Gasteiger partial charge on any atom is 0.323 e. The number of thiazole rings is 1. The molecule has 0 fully saturated rings. The molecule has 2 amide bonds. The number of rotatable bonds is 5. The summed E-state index contributed by atoms with van der Waals surface area (Å²) in [5.41, 5.74) is 3.29. The van der Waals surface area contributed by atoms with Crippen molar-refractivity contribution in [3.63, 3.8) is 0 Å². The van der Waals surface area contributed by atoms with Crippen LogP contribution in [0.15, 0.2) is 66.7 Å². The van der Waals surface area contributed by atoms with Crippen molar-refractivity contribution in [3.8, 4) is 22.1 Å². The fourth-order valence-electron chi connectivity index (χ4n) is 2.90. The maximum absolute atomic E-state index is 12.3. The number of methoxy groups -OCH3 is 2. The summed E-state index contributed by atoms with van der Waals surface area (Å²) in [7, 11) is 3.12. The lowest BCUT2D eigenvalue weighted by molar-refractivity contribution is 0.262. The normalized spacial score (nSPS) is 10.6. The predicted octanol–water partition coefficient (Wildman–Crippen LogP) is 5.62. The van der Waals surface area contributed by atoms with Crippen LogP contribution in [0.25, 0.3) is 20.8 Å². The molecule has 0 aliphatic rings. The van der Waals surface area contributed by atoms with Crippen LogP contribution in [0.5, 0.6) is 11.5 Å². The number of ether oxygens (including phenoxy) is 2. The van der Waals surface area contributed by atoms with Crippen LogP contribution >= 0.6 is 11.3 Å². The highest BCUT2D eigenvalue weighted by Crippen LogP contribution is 2.31. The summed E-state index contributed by atoms with van der Waals surface area (Å²) in [4.78, 5) is 17.0. The monoisotopic (exact) mass is 405 g/mol. The fourth-order valence-corrected chi connectivity index (χ4v) is 3.87. The van der Waals surface area contributed by atoms with Crippen LogP contribution in [-0.4, -0.2) is 25.2 Å². The van der Waals surface area contributed by atoms with E-state index in [1.165, 1.54) is 0 Å². The Morgan fingerprint density at radius 1 is 0.862 bits per heavy atom. The first kappa shape index (κ1) is 18.8. The van der Waals surface area contributed by atoms with Crippen molar-refractivity contribution in [2.45, 2.75) is 0 Å². The van der Waals surface area contributed by atoms with Crippen LogP contribution in [-0.2, 0) is 0 Å². The minimum absolute atomic E-state index is 0.343. The van der Waals surface area contributed by atoms with Gasteiger partial charge in [0.05, 0.1) is 24.4 Å². The summed E-state index contributed by atoms with van der Waals surface area (Å²) < 4.78 is 11.6. The van der Waals surface area contributed by atoms with E-state index in [4.69, 9.17) is 9.47 Å². The van der Waals surface area contributed by atoms with Crippen LogP contribution in [0.2, 0.25) is 0 Å². The van der Waals surface area contributed by atoms with Crippen molar-refractivity contribution in [1.29, 1.82) is 0 Å². The molecule has 0 saturated heterocycles. The largest absolute Gasteiger partial charge is 0.493 e. The topological polar surface area (TPSA) is 72.5 Å². The van der Waals surface area contributed by atoms with E-state index in [9.17, 15) is 4.79 Å². The van der Waals surface area contributed by atoms with Crippen LogP contribution in [0.1, 0.15) is 0 Å². The molecule has 6 nitrogen and oxygen atoms in total. The summed E-state index contributed by atoms with van der Waals surface area (Å²) in [5, 5.41) is 6.56. The van der Waals surface area contributed by atoms with Gasteiger partial charge in [0.1, 0.15) is 5.01 Å². The van der Waals surface area contributed by atoms with E-state index in [0.717, 1.165) is 20.8 Å². The molecule has 0 spiro atoms. The van der Waals surface area contributed by atoms with Gasteiger partial charge in [-0.2, -0.15) is 0 Å². The highest BCUT2D eigenvalue weighted by atomic mass is 32.1. The molecule has 0 bridgehead atoms. The number of nitrogens with zero attached hydrogens (tertiary/aromatic N) is 1. The number of benzene rings is 3. The standard InChI is InChI=1S/C22H19N3O3S/c1-27-18-12-11-16(13-19(18)28-2)24-22(26)23-15-9-7-14(8-10-15)21-25-17-5-3-4-6-20(17)29-21/h3-13H,1-2H3,(H2,23,24,26). The Balaban J connectivity index is 1.44. The molecule has 0 atom stereocenters. The summed E-state index contributed by atoms with van der Waals surface area (Å²) in [6.07, 6.45) is 0. The third-order valence-corrected chi connectivity index (χ3v) is 5.41. The van der Waals surface area contributed by atoms with Crippen LogP contribution < -0.4 is 20.1 Å². The Morgan fingerprint density at radius 3 is 2.28 bits per heavy atom. The summed E-state index contributed by atoms with van der Waals surface area (Å²) in [6.45, 7) is 0. The third-order valence-electron chi connectivity index (χ3n) is 4.33. The van der Waals surface area contributed by atoms with E-state index in [1.807, 2.05) is 42.5 Å². The molecular formula is C22H19N3O3S. The van der Waals surface area contributed by atoms with Gasteiger partial charge >= 0.3 is 6.03 Å². The van der Waals surface area contributed by atoms with Gasteiger partial charge < -0.3 is 20.1 Å². The van der Waals surface area contributed by atoms with Gasteiger partial charge in [0.2, 0.25) is 0 Å². The van der Waals surface area contributed by atoms with Gasteiger partial charge in [0.25, 0.3) is 0 Å². The molecule has 2 N–H and O–H groups in total. The Labute approximate surface area is 172 Å². The van der Waals surface area contributed by atoms with Crippen LogP contribution in [0.4, 0.5) is 16.2 Å². The van der Waals surface area contributed by atoms with Crippen LogP contribution in [0.3, 0.4) is 0 Å². The Morgan fingerprint density at radius 2 is 1.55 bits per heavy atom. The molecule has 146 valence electrons. The molecule has 0 unspecified atom stereocenters. The van der Waals surface area contributed by atoms with Crippen molar-refractivity contribution >= 4 is 39.0 Å². The molecular weight excluding hydrogens is 386 g/mol. The Hall–Kier alpha value is -3.58. The first-order valence-corrected chi connectivity index (χ1v) is 9.74. The number of carbonyl (C=O) groups excluding carboxylic acids is 1. The zero-order valence-electron chi connectivity index (χ0n) is 15.9. The smallest absolute Gasteiger partial charge is 0.323 e. The quantitative estimate of drug-likeness (QED) is 0.452. The average molecular weight is 405 g/mol. The van der Waals surface area contributed by atoms with Gasteiger partial charge in [-0.25, -0.2) is 9.78 Å². The lowest BCUT2D eigenvalue weighted by atomic mass is 10.2. The molecule has 0 saturated carbocycles. The van der Waals surface area contributed by atoms with Crippen LogP contribution in [0, 0.1) is 0 Å². The van der Waals surface area contributed by atoms with Crippen molar-refractivity contribution < 1.29 is 14.3 Å². The van der Waals surface area contributed by atoms with Crippen molar-refractivity contribution in [1.82, 2.24) is 4.98 Å². The zero-order chi connectivity index (χ0) is 20.2. The number of carbonyl (C=O) groups is 1. The Bertz CT molecular complexity index is 1120. The lowest BCUT2D eigenvalue weighted by Gasteiger charge is -2.11. The number of anilines is 2. The number of amides is 2. The van der Waals surface area contributed by atoms with Gasteiger partial charge in [-0.1, -0.05) is 12.1 Å². The molecule has 1 heterocycles. The van der Waals surface area contributed by atoms with E-state index >= 15 is 0 Å². The summed E-state index contributed by atoms with van der Waals surface area (Å²) in [5.74, 6) is 1.15. The molecule has 29 heavy (non-hydrogen) atoms. The SMILES string of the molecule is COc1ccc(NC(=O)Nc2ccc(-c3nc4ccccc4s3)cc2)cc1OC. The first-order chi connectivity index (χ1) is 14.2. The second kappa shape index (κ2) is 8.20. The number of nitrogens with one attached hydrogen (secondary N) is 2. The van der Waals surface area contributed by atoms with E-state index < -0.39 is 0 Å². The number of hydrogen-bond donors (Lipinski definition) is 2. The number of fused-ring (bicyclic) bond motifs is 1. The van der Waals surface area contributed by atoms with Gasteiger partial charge in [0.15, 0.2) is 11.5 Å².